The van der Waals surface area contributed by atoms with E-state index in [0.717, 1.165) is 12.8 Å². The molecule has 1 aromatic carbocycles. The maximum atomic E-state index is 13.0. The molecule has 2 amide bonds. The number of carbonyl (C=O) groups is 2. The molecule has 0 spiro atoms. The van der Waals surface area contributed by atoms with Gasteiger partial charge in [-0.2, -0.15) is 0 Å². The molecule has 1 aliphatic heterocycles. The van der Waals surface area contributed by atoms with Crippen molar-refractivity contribution in [1.82, 2.24) is 4.90 Å². The van der Waals surface area contributed by atoms with Gasteiger partial charge in [0.1, 0.15) is 5.82 Å². The highest BCUT2D eigenvalue weighted by Crippen LogP contribution is 2.25. The number of carbonyl (C=O) groups excluding carboxylic acids is 2. The summed E-state index contributed by atoms with van der Waals surface area (Å²) in [6.45, 7) is 2.55. The number of hydrogen-bond acceptors (Lipinski definition) is 2. The predicted molar refractivity (Wildman–Crippen MR) is 78.2 cm³/mol. The van der Waals surface area contributed by atoms with E-state index < -0.39 is 0 Å². The first-order valence-electron chi connectivity index (χ1n) is 6.32. The Kier molecular flexibility index (Phi) is 4.54. The normalized spacial score (nSPS) is 19.0. The summed E-state index contributed by atoms with van der Waals surface area (Å²) < 4.78 is 13.6. The summed E-state index contributed by atoms with van der Waals surface area (Å²) in [6, 6.07) is 4.00. The molecule has 0 radical (unpaired) electrons. The molecule has 1 aliphatic rings. The third kappa shape index (κ3) is 3.13. The van der Waals surface area contributed by atoms with Crippen LogP contribution in [0.25, 0.3) is 0 Å². The third-order valence-corrected chi connectivity index (χ3v) is 4.20. The zero-order valence-electron chi connectivity index (χ0n) is 10.7. The van der Waals surface area contributed by atoms with Gasteiger partial charge in [-0.05, 0) is 53.1 Å². The van der Waals surface area contributed by atoms with E-state index in [2.05, 4.69) is 6.92 Å². The van der Waals surface area contributed by atoms with Crippen LogP contribution in [0.4, 0.5) is 4.39 Å². The first-order chi connectivity index (χ1) is 9.02. The summed E-state index contributed by atoms with van der Waals surface area (Å²) in [4.78, 5) is 25.5. The Bertz CT molecular complexity index is 518. The lowest BCUT2D eigenvalue weighted by molar-refractivity contribution is -0.125. The van der Waals surface area contributed by atoms with E-state index in [-0.39, 0.29) is 23.5 Å². The predicted octanol–water partition coefficient (Wildman–Crippen LogP) is 3.22. The van der Waals surface area contributed by atoms with E-state index in [1.165, 1.54) is 23.1 Å². The Hall–Kier alpha value is -0.980. The van der Waals surface area contributed by atoms with Crippen LogP contribution in [-0.4, -0.2) is 23.3 Å². The molecule has 1 aromatic rings. The lowest BCUT2D eigenvalue weighted by Crippen LogP contribution is -2.33. The number of likely N-dealkylation sites (tertiary alicyclic amines) is 1. The van der Waals surface area contributed by atoms with E-state index in [1.807, 2.05) is 22.6 Å². The highest BCUT2D eigenvalue weighted by Gasteiger charge is 2.34. The van der Waals surface area contributed by atoms with Gasteiger partial charge in [-0.15, -0.1) is 0 Å². The minimum atomic E-state index is -0.377. The monoisotopic (exact) mass is 375 g/mol. The lowest BCUT2D eigenvalue weighted by Gasteiger charge is -2.15. The van der Waals surface area contributed by atoms with Crippen molar-refractivity contribution in [2.24, 2.45) is 5.92 Å². The average molecular weight is 375 g/mol. The second-order valence-corrected chi connectivity index (χ2v) is 5.95. The molecule has 1 atom stereocenters. The Morgan fingerprint density at radius 1 is 1.53 bits per heavy atom. The molecular formula is C14H15FINO2. The fourth-order valence-electron chi connectivity index (χ4n) is 2.39. The number of benzene rings is 1. The number of halogens is 2. The van der Waals surface area contributed by atoms with Crippen LogP contribution in [0.15, 0.2) is 18.2 Å². The molecule has 0 aliphatic carbocycles. The molecule has 0 saturated carbocycles. The van der Waals surface area contributed by atoms with Gasteiger partial charge in [-0.1, -0.05) is 13.3 Å². The lowest BCUT2D eigenvalue weighted by atomic mass is 10.0. The number of nitrogens with zero attached hydrogens (tertiary/aromatic N) is 1. The Labute approximate surface area is 125 Å². The van der Waals surface area contributed by atoms with Gasteiger partial charge in [-0.25, -0.2) is 4.39 Å². The summed E-state index contributed by atoms with van der Waals surface area (Å²) in [5, 5.41) is 0. The molecule has 3 nitrogen and oxygen atoms in total. The standard InChI is InChI=1S/C14H15FINO2/c1-2-3-9-6-13(18)17(8-9)14(19)11-5-4-10(15)7-12(11)16/h4-5,7,9H,2-3,6,8H2,1H3. The Morgan fingerprint density at radius 3 is 2.89 bits per heavy atom. The number of hydrogen-bond donors (Lipinski definition) is 0. The number of amides is 2. The van der Waals surface area contributed by atoms with E-state index in [1.54, 1.807) is 0 Å². The van der Waals surface area contributed by atoms with Gasteiger partial charge in [0.15, 0.2) is 0 Å². The van der Waals surface area contributed by atoms with E-state index in [4.69, 9.17) is 0 Å². The largest absolute Gasteiger partial charge is 0.278 e. The molecule has 19 heavy (non-hydrogen) atoms. The number of rotatable bonds is 3. The van der Waals surface area contributed by atoms with E-state index in [9.17, 15) is 14.0 Å². The van der Waals surface area contributed by atoms with Crippen LogP contribution < -0.4 is 0 Å². The Balaban J connectivity index is 2.18. The molecule has 1 saturated heterocycles. The average Bonchev–Trinajstić information content (AvgIpc) is 2.70. The van der Waals surface area contributed by atoms with Crippen LogP contribution in [0.1, 0.15) is 36.5 Å². The zero-order chi connectivity index (χ0) is 14.0. The summed E-state index contributed by atoms with van der Waals surface area (Å²) in [5.74, 6) is -0.548. The Morgan fingerprint density at radius 2 is 2.26 bits per heavy atom. The molecule has 2 rings (SSSR count). The van der Waals surface area contributed by atoms with Crippen LogP contribution >= 0.6 is 22.6 Å². The highest BCUT2D eigenvalue weighted by molar-refractivity contribution is 14.1. The first-order valence-corrected chi connectivity index (χ1v) is 7.40. The maximum absolute atomic E-state index is 13.0. The van der Waals surface area contributed by atoms with E-state index >= 15 is 0 Å². The van der Waals surface area contributed by atoms with Gasteiger partial charge in [-0.3, -0.25) is 14.5 Å². The van der Waals surface area contributed by atoms with Crippen molar-refractivity contribution >= 4 is 34.4 Å². The van der Waals surface area contributed by atoms with Crippen molar-refractivity contribution in [3.8, 4) is 0 Å². The summed E-state index contributed by atoms with van der Waals surface area (Å²) >= 11 is 1.92. The summed E-state index contributed by atoms with van der Waals surface area (Å²) in [7, 11) is 0. The zero-order valence-corrected chi connectivity index (χ0v) is 12.8. The van der Waals surface area contributed by atoms with Gasteiger partial charge in [0, 0.05) is 16.5 Å². The topological polar surface area (TPSA) is 37.4 Å². The quantitative estimate of drug-likeness (QED) is 0.601. The molecule has 102 valence electrons. The van der Waals surface area contributed by atoms with Gasteiger partial charge < -0.3 is 0 Å². The smallest absolute Gasteiger partial charge is 0.261 e. The third-order valence-electron chi connectivity index (χ3n) is 3.31. The fourth-order valence-corrected chi connectivity index (χ4v) is 3.10. The molecule has 1 fully saturated rings. The minimum Gasteiger partial charge on any atom is -0.278 e. The number of imide groups is 1. The molecular weight excluding hydrogens is 360 g/mol. The minimum absolute atomic E-state index is 0.122. The molecule has 0 N–H and O–H groups in total. The van der Waals surface area contributed by atoms with Crippen molar-refractivity contribution in [1.29, 1.82) is 0 Å². The van der Waals surface area contributed by atoms with Gasteiger partial charge >= 0.3 is 0 Å². The molecule has 1 heterocycles. The van der Waals surface area contributed by atoms with Crippen LogP contribution in [0.3, 0.4) is 0 Å². The van der Waals surface area contributed by atoms with Crippen molar-refractivity contribution in [3.63, 3.8) is 0 Å². The van der Waals surface area contributed by atoms with Crippen molar-refractivity contribution in [3.05, 3.63) is 33.1 Å². The molecule has 0 bridgehead atoms. The molecule has 5 heteroatoms. The van der Waals surface area contributed by atoms with Crippen LogP contribution in [-0.2, 0) is 4.79 Å². The second kappa shape index (κ2) is 5.98. The second-order valence-electron chi connectivity index (χ2n) is 4.79. The van der Waals surface area contributed by atoms with Crippen molar-refractivity contribution < 1.29 is 14.0 Å². The van der Waals surface area contributed by atoms with Gasteiger partial charge in [0.25, 0.3) is 5.91 Å². The van der Waals surface area contributed by atoms with E-state index in [0.29, 0.717) is 22.1 Å². The summed E-state index contributed by atoms with van der Waals surface area (Å²) in [6.07, 6.45) is 2.40. The highest BCUT2D eigenvalue weighted by atomic mass is 127. The van der Waals surface area contributed by atoms with Crippen LogP contribution in [0.5, 0.6) is 0 Å². The van der Waals surface area contributed by atoms with Crippen molar-refractivity contribution in [2.75, 3.05) is 6.54 Å². The molecule has 1 unspecified atom stereocenters. The van der Waals surface area contributed by atoms with Gasteiger partial charge in [0.2, 0.25) is 5.91 Å². The first kappa shape index (κ1) is 14.4. The van der Waals surface area contributed by atoms with Crippen molar-refractivity contribution in [2.45, 2.75) is 26.2 Å². The van der Waals surface area contributed by atoms with Crippen LogP contribution in [0.2, 0.25) is 0 Å². The molecule has 0 aromatic heterocycles. The van der Waals surface area contributed by atoms with Gasteiger partial charge in [0.05, 0.1) is 5.56 Å². The van der Waals surface area contributed by atoms with Crippen LogP contribution in [0, 0.1) is 15.3 Å². The maximum Gasteiger partial charge on any atom is 0.261 e. The fraction of sp³-hybridized carbons (Fsp3) is 0.429. The SMILES string of the molecule is CCCC1CC(=O)N(C(=O)c2ccc(F)cc2I)C1. The summed E-state index contributed by atoms with van der Waals surface area (Å²) in [5.41, 5.74) is 0.396.